The van der Waals surface area contributed by atoms with Crippen molar-refractivity contribution in [1.29, 1.82) is 0 Å². The second-order valence-corrected chi connectivity index (χ2v) is 8.73. The molecule has 3 amide bonds. The SMILES string of the molecule is CC(C)[C@H]1[NH2+][C@]2(C(=O)Nc3ccccc32)[C@H]2C(=O)N(c3ccccc3Cl)C(=O)[C@H]12. The molecule has 0 saturated carbocycles. The van der Waals surface area contributed by atoms with Crippen LogP contribution in [0, 0.1) is 17.8 Å². The van der Waals surface area contributed by atoms with Crippen molar-refractivity contribution in [2.24, 2.45) is 17.8 Å². The molecule has 2 saturated heterocycles. The molecule has 0 aliphatic carbocycles. The van der Waals surface area contributed by atoms with Gasteiger partial charge in [-0.05, 0) is 18.2 Å². The number of carbonyl (C=O) groups excluding carboxylic acids is 3. The van der Waals surface area contributed by atoms with Crippen molar-refractivity contribution < 1.29 is 19.7 Å². The van der Waals surface area contributed by atoms with Crippen LogP contribution in [0.2, 0.25) is 5.02 Å². The molecule has 0 bridgehead atoms. The van der Waals surface area contributed by atoms with Gasteiger partial charge < -0.3 is 10.6 Å². The lowest BCUT2D eigenvalue weighted by Gasteiger charge is -2.27. The Morgan fingerprint density at radius 2 is 1.72 bits per heavy atom. The summed E-state index contributed by atoms with van der Waals surface area (Å²) in [6.45, 7) is 4.04. The van der Waals surface area contributed by atoms with Gasteiger partial charge in [-0.2, -0.15) is 0 Å². The number of amides is 3. The van der Waals surface area contributed by atoms with E-state index in [0.29, 0.717) is 16.4 Å². The van der Waals surface area contributed by atoms with Gasteiger partial charge >= 0.3 is 0 Å². The van der Waals surface area contributed by atoms with E-state index in [1.807, 2.05) is 43.4 Å². The number of hydrogen-bond acceptors (Lipinski definition) is 3. The molecule has 0 aromatic heterocycles. The third-order valence-corrected chi connectivity index (χ3v) is 6.89. The molecule has 3 heterocycles. The largest absolute Gasteiger partial charge is 0.326 e. The summed E-state index contributed by atoms with van der Waals surface area (Å²) < 4.78 is 0. The van der Waals surface area contributed by atoms with Gasteiger partial charge in [-0.25, -0.2) is 4.90 Å². The van der Waals surface area contributed by atoms with Crippen molar-refractivity contribution in [2.75, 3.05) is 10.2 Å². The topological polar surface area (TPSA) is 83.1 Å². The molecule has 3 N–H and O–H groups in total. The van der Waals surface area contributed by atoms with Crippen molar-refractivity contribution in [3.8, 4) is 0 Å². The average Bonchev–Trinajstić information content (AvgIpc) is 3.28. The molecule has 2 fully saturated rings. The molecular weight excluding hydrogens is 390 g/mol. The lowest BCUT2D eigenvalue weighted by Crippen LogP contribution is -2.99. The van der Waals surface area contributed by atoms with Crippen LogP contribution in [0.4, 0.5) is 11.4 Å². The van der Waals surface area contributed by atoms with E-state index < -0.39 is 17.4 Å². The summed E-state index contributed by atoms with van der Waals surface area (Å²) in [6.07, 6.45) is 0. The Balaban J connectivity index is 1.71. The molecule has 0 radical (unpaired) electrons. The number of rotatable bonds is 2. The first-order valence-electron chi connectivity index (χ1n) is 9.77. The number of nitrogens with two attached hydrogens (primary N) is 1. The monoisotopic (exact) mass is 410 g/mol. The predicted molar refractivity (Wildman–Crippen MR) is 108 cm³/mol. The van der Waals surface area contributed by atoms with Crippen LogP contribution in [0.1, 0.15) is 19.4 Å². The maximum Gasteiger partial charge on any atom is 0.291 e. The zero-order valence-electron chi connectivity index (χ0n) is 16.1. The lowest BCUT2D eigenvalue weighted by molar-refractivity contribution is -0.738. The Morgan fingerprint density at radius 1 is 1.03 bits per heavy atom. The molecule has 2 aromatic carbocycles. The smallest absolute Gasteiger partial charge is 0.291 e. The Bertz CT molecular complexity index is 1070. The Morgan fingerprint density at radius 3 is 2.45 bits per heavy atom. The van der Waals surface area contributed by atoms with Crippen molar-refractivity contribution in [3.63, 3.8) is 0 Å². The lowest BCUT2D eigenvalue weighted by atomic mass is 9.76. The van der Waals surface area contributed by atoms with E-state index in [0.717, 1.165) is 5.56 Å². The molecule has 4 atom stereocenters. The summed E-state index contributed by atoms with van der Waals surface area (Å²) in [5.41, 5.74) is 0.709. The van der Waals surface area contributed by atoms with E-state index in [1.165, 1.54) is 4.90 Å². The minimum atomic E-state index is -1.14. The number of fused-ring (bicyclic) bond motifs is 4. The molecule has 1 spiro atoms. The highest BCUT2D eigenvalue weighted by Gasteiger charge is 2.74. The van der Waals surface area contributed by atoms with Gasteiger partial charge in [0.1, 0.15) is 17.9 Å². The number of nitrogens with zero attached hydrogens (tertiary/aromatic N) is 1. The number of halogens is 1. The number of quaternary nitrogens is 1. The van der Waals surface area contributed by atoms with Gasteiger partial charge in [-0.3, -0.25) is 14.4 Å². The van der Waals surface area contributed by atoms with Crippen LogP contribution in [0.5, 0.6) is 0 Å². The number of nitrogens with one attached hydrogen (secondary N) is 1. The Labute approximate surface area is 173 Å². The number of imide groups is 1. The van der Waals surface area contributed by atoms with Gasteiger partial charge in [0.15, 0.2) is 0 Å². The van der Waals surface area contributed by atoms with Crippen LogP contribution in [0.25, 0.3) is 0 Å². The minimum Gasteiger partial charge on any atom is -0.326 e. The number of benzene rings is 2. The fourth-order valence-corrected chi connectivity index (χ4v) is 5.54. The Kier molecular flexibility index (Phi) is 3.89. The third-order valence-electron chi connectivity index (χ3n) is 6.57. The molecule has 7 heteroatoms. The van der Waals surface area contributed by atoms with E-state index in [2.05, 4.69) is 5.32 Å². The Hall–Kier alpha value is -2.70. The number of para-hydroxylation sites is 2. The van der Waals surface area contributed by atoms with Crippen molar-refractivity contribution in [1.82, 2.24) is 0 Å². The quantitative estimate of drug-likeness (QED) is 0.742. The number of hydrogen-bond donors (Lipinski definition) is 2. The summed E-state index contributed by atoms with van der Waals surface area (Å²) in [7, 11) is 0. The predicted octanol–water partition coefficient (Wildman–Crippen LogP) is 1.89. The second kappa shape index (κ2) is 6.15. The standard InChI is InChI=1S/C22H20ClN3O3/c1-11(2)18-16-17(20(28)26(19(16)27)15-10-6-4-8-13(15)23)22(25-18)12-7-3-5-9-14(12)24-21(22)29/h3-11,16-18,25H,1-2H3,(H,24,29)/p+1/t16-,17+,18+,22-/m0/s1. The van der Waals surface area contributed by atoms with E-state index in [-0.39, 0.29) is 29.7 Å². The minimum absolute atomic E-state index is 0.102. The van der Waals surface area contributed by atoms with E-state index in [9.17, 15) is 14.4 Å². The highest BCUT2D eigenvalue weighted by molar-refractivity contribution is 6.36. The van der Waals surface area contributed by atoms with Crippen LogP contribution in [-0.2, 0) is 19.9 Å². The van der Waals surface area contributed by atoms with Gasteiger partial charge in [0, 0.05) is 11.5 Å². The van der Waals surface area contributed by atoms with Crippen LogP contribution >= 0.6 is 11.6 Å². The van der Waals surface area contributed by atoms with E-state index in [4.69, 9.17) is 11.6 Å². The molecule has 6 nitrogen and oxygen atoms in total. The molecule has 2 aromatic rings. The molecule has 0 unspecified atom stereocenters. The van der Waals surface area contributed by atoms with Gasteiger partial charge in [-0.15, -0.1) is 0 Å². The highest BCUT2D eigenvalue weighted by atomic mass is 35.5. The van der Waals surface area contributed by atoms with Crippen molar-refractivity contribution >= 4 is 40.7 Å². The molecular formula is C22H21ClN3O3+. The average molecular weight is 411 g/mol. The molecule has 29 heavy (non-hydrogen) atoms. The summed E-state index contributed by atoms with van der Waals surface area (Å²) in [6, 6.07) is 14.1. The molecule has 3 aliphatic heterocycles. The summed E-state index contributed by atoms with van der Waals surface area (Å²) >= 11 is 6.32. The summed E-state index contributed by atoms with van der Waals surface area (Å²) in [5.74, 6) is -2.14. The first kappa shape index (κ1) is 18.3. The summed E-state index contributed by atoms with van der Waals surface area (Å²) in [5, 5.41) is 5.22. The van der Waals surface area contributed by atoms with Gasteiger partial charge in [0.25, 0.3) is 5.91 Å². The zero-order valence-corrected chi connectivity index (χ0v) is 16.8. The zero-order chi connectivity index (χ0) is 20.5. The van der Waals surface area contributed by atoms with Crippen molar-refractivity contribution in [3.05, 3.63) is 59.1 Å². The van der Waals surface area contributed by atoms with Crippen LogP contribution in [0.15, 0.2) is 48.5 Å². The normalized spacial score (nSPS) is 30.3. The maximum atomic E-state index is 13.7. The number of carbonyl (C=O) groups is 3. The molecule has 5 rings (SSSR count). The number of anilines is 2. The fraction of sp³-hybridized carbons (Fsp3) is 0.318. The summed E-state index contributed by atoms with van der Waals surface area (Å²) in [4.78, 5) is 41.7. The second-order valence-electron chi connectivity index (χ2n) is 8.32. The molecule has 148 valence electrons. The highest BCUT2D eigenvalue weighted by Crippen LogP contribution is 2.51. The van der Waals surface area contributed by atoms with E-state index >= 15 is 0 Å². The van der Waals surface area contributed by atoms with Crippen LogP contribution < -0.4 is 15.5 Å². The van der Waals surface area contributed by atoms with Crippen molar-refractivity contribution in [2.45, 2.75) is 25.4 Å². The third kappa shape index (κ3) is 2.24. The first-order chi connectivity index (χ1) is 13.9. The van der Waals surface area contributed by atoms with Crippen LogP contribution in [0.3, 0.4) is 0 Å². The molecule has 3 aliphatic rings. The van der Waals surface area contributed by atoms with Gasteiger partial charge in [-0.1, -0.05) is 55.8 Å². The maximum absolute atomic E-state index is 13.7. The fourth-order valence-electron chi connectivity index (χ4n) is 5.32. The van der Waals surface area contributed by atoms with Crippen LogP contribution in [-0.4, -0.2) is 23.8 Å². The van der Waals surface area contributed by atoms with Gasteiger partial charge in [0.2, 0.25) is 17.4 Å². The van der Waals surface area contributed by atoms with E-state index in [1.54, 1.807) is 24.3 Å². The first-order valence-corrected chi connectivity index (χ1v) is 10.1. The van der Waals surface area contributed by atoms with Gasteiger partial charge in [0.05, 0.1) is 16.4 Å².